The van der Waals surface area contributed by atoms with Crippen molar-refractivity contribution < 1.29 is 4.74 Å². The van der Waals surface area contributed by atoms with Crippen molar-refractivity contribution in [1.29, 1.82) is 0 Å². The minimum absolute atomic E-state index is 0.338. The Hall–Kier alpha value is -0.160. The molecule has 2 N–H and O–H groups in total. The third-order valence-corrected chi connectivity index (χ3v) is 3.62. The second-order valence-electron chi connectivity index (χ2n) is 5.30. The highest BCUT2D eigenvalue weighted by Crippen LogP contribution is 2.20. The lowest BCUT2D eigenvalue weighted by Crippen LogP contribution is -2.53. The van der Waals surface area contributed by atoms with Crippen LogP contribution in [0.3, 0.4) is 0 Å². The summed E-state index contributed by atoms with van der Waals surface area (Å²) in [6.07, 6.45) is 2.68. The molecule has 0 aromatic rings. The van der Waals surface area contributed by atoms with Crippen LogP contribution >= 0.6 is 0 Å². The summed E-state index contributed by atoms with van der Waals surface area (Å²) in [5, 5.41) is 0. The molecule has 4 heteroatoms. The molecular weight excluding hydrogens is 214 g/mol. The number of nitrogens with zero attached hydrogens (tertiary/aromatic N) is 2. The van der Waals surface area contributed by atoms with Crippen LogP contribution in [0.1, 0.15) is 26.7 Å². The lowest BCUT2D eigenvalue weighted by molar-refractivity contribution is 0.00947. The molecule has 1 fully saturated rings. The molecule has 3 unspecified atom stereocenters. The predicted octanol–water partition coefficient (Wildman–Crippen LogP) is 0.765. The minimum atomic E-state index is 0.338. The van der Waals surface area contributed by atoms with E-state index in [0.29, 0.717) is 24.7 Å². The Labute approximate surface area is 106 Å². The Balaban J connectivity index is 2.61. The number of ether oxygens (including phenoxy) is 1. The lowest BCUT2D eigenvalue weighted by atomic mass is 10.0. The van der Waals surface area contributed by atoms with Crippen molar-refractivity contribution in [2.75, 3.05) is 40.3 Å². The first-order valence-electron chi connectivity index (χ1n) is 6.82. The summed E-state index contributed by atoms with van der Waals surface area (Å²) in [5.41, 5.74) is 5.96. The van der Waals surface area contributed by atoms with Gasteiger partial charge in [0.15, 0.2) is 0 Å². The van der Waals surface area contributed by atoms with Crippen LogP contribution in [-0.2, 0) is 4.74 Å². The largest absolute Gasteiger partial charge is 0.377 e. The van der Waals surface area contributed by atoms with Gasteiger partial charge in [-0.2, -0.15) is 0 Å². The van der Waals surface area contributed by atoms with Crippen LogP contribution in [0.15, 0.2) is 0 Å². The molecule has 1 rings (SSSR count). The molecule has 17 heavy (non-hydrogen) atoms. The van der Waals surface area contributed by atoms with Gasteiger partial charge in [0.25, 0.3) is 0 Å². The molecule has 0 aromatic heterocycles. The fraction of sp³-hybridized carbons (Fsp3) is 1.00. The summed E-state index contributed by atoms with van der Waals surface area (Å²) in [7, 11) is 4.24. The number of hydrogen-bond donors (Lipinski definition) is 1. The van der Waals surface area contributed by atoms with Crippen molar-refractivity contribution in [3.05, 3.63) is 0 Å². The Bertz CT molecular complexity index is 205. The van der Waals surface area contributed by atoms with Crippen molar-refractivity contribution in [2.24, 2.45) is 5.73 Å². The van der Waals surface area contributed by atoms with E-state index in [-0.39, 0.29) is 0 Å². The number of rotatable bonds is 7. The second-order valence-corrected chi connectivity index (χ2v) is 5.30. The molecule has 102 valence electrons. The molecule has 0 aromatic carbocycles. The summed E-state index contributed by atoms with van der Waals surface area (Å²) in [4.78, 5) is 4.73. The Morgan fingerprint density at radius 1 is 1.41 bits per heavy atom. The van der Waals surface area contributed by atoms with Crippen molar-refractivity contribution in [3.63, 3.8) is 0 Å². The standard InChI is InChI=1S/C13H29N3O/c1-5-16(11(2)10-15(3)4)12(9-14)13-7-6-8-17-13/h11-13H,5-10,14H2,1-4H3. The molecule has 0 amide bonds. The summed E-state index contributed by atoms with van der Waals surface area (Å²) in [6, 6.07) is 0.894. The first-order chi connectivity index (χ1) is 8.10. The summed E-state index contributed by atoms with van der Waals surface area (Å²) >= 11 is 0. The molecule has 0 radical (unpaired) electrons. The van der Waals surface area contributed by atoms with Gasteiger partial charge in [-0.15, -0.1) is 0 Å². The Morgan fingerprint density at radius 2 is 2.12 bits per heavy atom. The first-order valence-corrected chi connectivity index (χ1v) is 6.82. The van der Waals surface area contributed by atoms with Crippen LogP contribution in [0, 0.1) is 0 Å². The van der Waals surface area contributed by atoms with Gasteiger partial charge in [0.1, 0.15) is 0 Å². The number of likely N-dealkylation sites (N-methyl/N-ethyl adjacent to an activating group) is 2. The number of hydrogen-bond acceptors (Lipinski definition) is 4. The molecule has 0 bridgehead atoms. The second kappa shape index (κ2) is 7.31. The summed E-state index contributed by atoms with van der Waals surface area (Å²) < 4.78 is 5.81. The van der Waals surface area contributed by atoms with Gasteiger partial charge < -0.3 is 15.4 Å². The monoisotopic (exact) mass is 243 g/mol. The van der Waals surface area contributed by atoms with E-state index in [1.807, 2.05) is 0 Å². The molecular formula is C13H29N3O. The molecule has 0 aliphatic carbocycles. The minimum Gasteiger partial charge on any atom is -0.377 e. The smallest absolute Gasteiger partial charge is 0.0743 e. The molecule has 1 aliphatic rings. The predicted molar refractivity (Wildman–Crippen MR) is 72.2 cm³/mol. The van der Waals surface area contributed by atoms with Crippen LogP contribution in [0.25, 0.3) is 0 Å². The molecule has 1 saturated heterocycles. The first kappa shape index (κ1) is 14.9. The van der Waals surface area contributed by atoms with Gasteiger partial charge >= 0.3 is 0 Å². The SMILES string of the molecule is CCN(C(C)CN(C)C)C(CN)C1CCCO1. The van der Waals surface area contributed by atoms with Gasteiger partial charge in [-0.05, 0) is 40.4 Å². The third kappa shape index (κ3) is 4.21. The molecule has 1 aliphatic heterocycles. The van der Waals surface area contributed by atoms with E-state index in [4.69, 9.17) is 10.5 Å². The normalized spacial score (nSPS) is 24.5. The molecule has 3 atom stereocenters. The quantitative estimate of drug-likeness (QED) is 0.717. The highest BCUT2D eigenvalue weighted by molar-refractivity contribution is 4.86. The highest BCUT2D eigenvalue weighted by atomic mass is 16.5. The summed E-state index contributed by atoms with van der Waals surface area (Å²) in [6.45, 7) is 8.19. The van der Waals surface area contributed by atoms with Gasteiger partial charge in [-0.25, -0.2) is 0 Å². The molecule has 0 saturated carbocycles. The zero-order valence-corrected chi connectivity index (χ0v) is 11.9. The molecule has 1 heterocycles. The van der Waals surface area contributed by atoms with Gasteiger partial charge in [0.05, 0.1) is 6.10 Å². The fourth-order valence-corrected chi connectivity index (χ4v) is 2.91. The van der Waals surface area contributed by atoms with Crippen molar-refractivity contribution >= 4 is 0 Å². The Morgan fingerprint density at radius 3 is 2.53 bits per heavy atom. The van der Waals surface area contributed by atoms with E-state index in [0.717, 1.165) is 26.1 Å². The average Bonchev–Trinajstić information content (AvgIpc) is 2.77. The van der Waals surface area contributed by atoms with E-state index >= 15 is 0 Å². The highest BCUT2D eigenvalue weighted by Gasteiger charge is 2.31. The van der Waals surface area contributed by atoms with E-state index in [2.05, 4.69) is 37.7 Å². The van der Waals surface area contributed by atoms with Gasteiger partial charge in [-0.1, -0.05) is 6.92 Å². The zero-order valence-electron chi connectivity index (χ0n) is 11.9. The van der Waals surface area contributed by atoms with Crippen LogP contribution in [0.5, 0.6) is 0 Å². The maximum Gasteiger partial charge on any atom is 0.0743 e. The van der Waals surface area contributed by atoms with Gasteiger partial charge in [0.2, 0.25) is 0 Å². The van der Waals surface area contributed by atoms with Crippen molar-refractivity contribution in [1.82, 2.24) is 9.80 Å². The fourth-order valence-electron chi connectivity index (χ4n) is 2.91. The van der Waals surface area contributed by atoms with Gasteiger partial charge in [-0.3, -0.25) is 4.90 Å². The number of nitrogens with two attached hydrogens (primary N) is 1. The van der Waals surface area contributed by atoms with E-state index < -0.39 is 0 Å². The zero-order chi connectivity index (χ0) is 12.8. The van der Waals surface area contributed by atoms with E-state index in [1.165, 1.54) is 6.42 Å². The van der Waals surface area contributed by atoms with Gasteiger partial charge in [0, 0.05) is 31.8 Å². The lowest BCUT2D eigenvalue weighted by Gasteiger charge is -2.38. The Kier molecular flexibility index (Phi) is 6.41. The third-order valence-electron chi connectivity index (χ3n) is 3.62. The van der Waals surface area contributed by atoms with Crippen LogP contribution in [-0.4, -0.2) is 68.3 Å². The van der Waals surface area contributed by atoms with E-state index in [1.54, 1.807) is 0 Å². The van der Waals surface area contributed by atoms with Crippen LogP contribution < -0.4 is 5.73 Å². The molecule has 4 nitrogen and oxygen atoms in total. The topological polar surface area (TPSA) is 41.7 Å². The maximum absolute atomic E-state index is 5.96. The molecule has 0 spiro atoms. The van der Waals surface area contributed by atoms with E-state index in [9.17, 15) is 0 Å². The van der Waals surface area contributed by atoms with Crippen molar-refractivity contribution in [3.8, 4) is 0 Å². The maximum atomic E-state index is 5.96. The van der Waals surface area contributed by atoms with Crippen molar-refractivity contribution in [2.45, 2.75) is 44.9 Å². The van der Waals surface area contributed by atoms with Crippen LogP contribution in [0.2, 0.25) is 0 Å². The summed E-state index contributed by atoms with van der Waals surface area (Å²) in [5.74, 6) is 0. The van der Waals surface area contributed by atoms with Crippen LogP contribution in [0.4, 0.5) is 0 Å². The average molecular weight is 243 g/mol.